The number of ether oxygens (including phenoxy) is 3. The predicted molar refractivity (Wildman–Crippen MR) is 136 cm³/mol. The summed E-state index contributed by atoms with van der Waals surface area (Å²) >= 11 is 1.38. The molecule has 3 amide bonds. The fourth-order valence-electron chi connectivity index (χ4n) is 4.25. The van der Waals surface area contributed by atoms with Gasteiger partial charge < -0.3 is 35.5 Å². The number of amides is 3. The van der Waals surface area contributed by atoms with Crippen LogP contribution in [-0.4, -0.2) is 73.2 Å². The minimum absolute atomic E-state index is 0.0374. The van der Waals surface area contributed by atoms with E-state index in [2.05, 4.69) is 10.6 Å². The Morgan fingerprint density at radius 3 is 2.65 bits per heavy atom. The van der Waals surface area contributed by atoms with Crippen LogP contribution < -0.4 is 21.1 Å². The molecule has 37 heavy (non-hydrogen) atoms. The molecule has 3 heterocycles. The number of rotatable bonds is 11. The second kappa shape index (κ2) is 12.2. The van der Waals surface area contributed by atoms with Crippen LogP contribution in [0.3, 0.4) is 0 Å². The lowest BCUT2D eigenvalue weighted by atomic mass is 10.1. The third kappa shape index (κ3) is 7.06. The fraction of sp³-hybridized carbons (Fsp3) is 0.440. The number of carbonyl (C=O) groups excluding carboxylic acids is 3. The molecule has 2 saturated heterocycles. The van der Waals surface area contributed by atoms with Gasteiger partial charge >= 0.3 is 0 Å². The zero-order chi connectivity index (χ0) is 26.3. The number of thiophene rings is 1. The molecule has 2 aliphatic heterocycles. The van der Waals surface area contributed by atoms with Crippen molar-refractivity contribution in [3.05, 3.63) is 52.2 Å². The van der Waals surface area contributed by atoms with Crippen molar-refractivity contribution in [3.8, 4) is 5.75 Å². The number of nitrogens with two attached hydrogens (primary N) is 1. The summed E-state index contributed by atoms with van der Waals surface area (Å²) in [5, 5.41) is 14.7. The maximum Gasteiger partial charge on any atom is 0.243 e. The summed E-state index contributed by atoms with van der Waals surface area (Å²) in [6, 6.07) is 10.3. The Morgan fingerprint density at radius 2 is 1.95 bits per heavy atom. The smallest absolute Gasteiger partial charge is 0.243 e. The first-order valence-electron chi connectivity index (χ1n) is 12.1. The Bertz CT molecular complexity index is 1120. The van der Waals surface area contributed by atoms with Crippen LogP contribution in [0, 0.1) is 5.41 Å². The quantitative estimate of drug-likeness (QED) is 0.192. The predicted octanol–water partition coefficient (Wildman–Crippen LogP) is 0.968. The van der Waals surface area contributed by atoms with Crippen molar-refractivity contribution in [1.82, 2.24) is 15.5 Å². The van der Waals surface area contributed by atoms with Crippen molar-refractivity contribution in [2.45, 2.75) is 37.6 Å². The van der Waals surface area contributed by atoms with Crippen LogP contribution in [0.15, 0.2) is 41.8 Å². The van der Waals surface area contributed by atoms with Crippen LogP contribution in [0.1, 0.15) is 29.7 Å². The van der Waals surface area contributed by atoms with Crippen LogP contribution in [-0.2, 0) is 30.4 Å². The summed E-state index contributed by atoms with van der Waals surface area (Å²) in [4.78, 5) is 40.6. The van der Waals surface area contributed by atoms with E-state index in [9.17, 15) is 14.4 Å². The molecule has 2 aliphatic rings. The molecule has 198 valence electrons. The zero-order valence-electron chi connectivity index (χ0n) is 20.4. The van der Waals surface area contributed by atoms with Crippen LogP contribution in [0.25, 0.3) is 0 Å². The first-order chi connectivity index (χ1) is 17.8. The van der Waals surface area contributed by atoms with E-state index in [-0.39, 0.29) is 56.0 Å². The van der Waals surface area contributed by atoms with Gasteiger partial charge in [0.25, 0.3) is 0 Å². The summed E-state index contributed by atoms with van der Waals surface area (Å²) in [5.74, 6) is -1.32. The summed E-state index contributed by atoms with van der Waals surface area (Å²) in [6.07, 6.45) is 0.921. The highest BCUT2D eigenvalue weighted by Gasteiger charge is 2.52. The Kier molecular flexibility index (Phi) is 8.74. The van der Waals surface area contributed by atoms with Crippen molar-refractivity contribution in [3.63, 3.8) is 0 Å². The molecule has 4 rings (SSSR count). The van der Waals surface area contributed by atoms with Crippen molar-refractivity contribution < 1.29 is 28.6 Å². The molecule has 2 fully saturated rings. The maximum atomic E-state index is 13.1. The van der Waals surface area contributed by atoms with Gasteiger partial charge in [-0.15, -0.1) is 11.3 Å². The highest BCUT2D eigenvalue weighted by Crippen LogP contribution is 2.35. The van der Waals surface area contributed by atoms with Crippen molar-refractivity contribution >= 4 is 34.9 Å². The van der Waals surface area contributed by atoms with Gasteiger partial charge in [0.2, 0.25) is 17.7 Å². The van der Waals surface area contributed by atoms with E-state index in [1.807, 2.05) is 30.3 Å². The Labute approximate surface area is 218 Å². The minimum atomic E-state index is -1.01. The van der Waals surface area contributed by atoms with Crippen LogP contribution in [0.4, 0.5) is 0 Å². The Balaban J connectivity index is 1.27. The van der Waals surface area contributed by atoms with Crippen LogP contribution in [0.2, 0.25) is 0 Å². The van der Waals surface area contributed by atoms with E-state index in [0.717, 1.165) is 10.6 Å². The lowest BCUT2D eigenvalue weighted by Gasteiger charge is -2.24. The summed E-state index contributed by atoms with van der Waals surface area (Å²) in [5.41, 5.74) is 6.10. The second-order valence-corrected chi connectivity index (χ2v) is 9.82. The van der Waals surface area contributed by atoms with Gasteiger partial charge in [0.15, 0.2) is 5.79 Å². The molecule has 5 N–H and O–H groups in total. The summed E-state index contributed by atoms with van der Waals surface area (Å²) < 4.78 is 17.1. The topological polar surface area (TPSA) is 156 Å². The number of nitrogens with zero attached hydrogens (tertiary/aromatic N) is 1. The molecule has 0 bridgehead atoms. The highest BCUT2D eigenvalue weighted by atomic mass is 32.1. The average Bonchev–Trinajstić information content (AvgIpc) is 3.65. The molecule has 1 unspecified atom stereocenters. The number of amidine groups is 1. The minimum Gasteiger partial charge on any atom is -0.494 e. The summed E-state index contributed by atoms with van der Waals surface area (Å²) in [7, 11) is 0. The first-order valence-corrected chi connectivity index (χ1v) is 12.9. The Hall–Kier alpha value is -3.48. The molecule has 2 aromatic rings. The van der Waals surface area contributed by atoms with E-state index in [1.54, 1.807) is 11.4 Å². The van der Waals surface area contributed by atoms with Gasteiger partial charge in [-0.1, -0.05) is 18.2 Å². The molecule has 0 saturated carbocycles. The first kappa shape index (κ1) is 26.6. The van der Waals surface area contributed by atoms with Crippen molar-refractivity contribution in [1.29, 1.82) is 5.41 Å². The Morgan fingerprint density at radius 1 is 1.19 bits per heavy atom. The second-order valence-electron chi connectivity index (χ2n) is 8.82. The fourth-order valence-corrected chi connectivity index (χ4v) is 5.08. The molecule has 1 aromatic carbocycles. The highest BCUT2D eigenvalue weighted by molar-refractivity contribution is 7.10. The third-order valence-electron chi connectivity index (χ3n) is 6.13. The lowest BCUT2D eigenvalue weighted by molar-refractivity contribution is -0.152. The normalized spacial score (nSPS) is 18.1. The maximum absolute atomic E-state index is 13.1. The number of carbonyl (C=O) groups is 3. The van der Waals surface area contributed by atoms with Gasteiger partial charge in [-0.3, -0.25) is 19.8 Å². The number of nitrogen functional groups attached to an aromatic ring is 1. The molecule has 0 aliphatic carbocycles. The SMILES string of the molecule is N=C(N)c1csc(CNC(=O)C2CC3(CN2C(=O)CNC(=O)CCCOc2ccccc2)OCCO3)c1. The lowest BCUT2D eigenvalue weighted by Crippen LogP contribution is -2.49. The van der Waals surface area contributed by atoms with E-state index in [0.29, 0.717) is 31.8 Å². The van der Waals surface area contributed by atoms with Gasteiger partial charge in [-0.2, -0.15) is 0 Å². The van der Waals surface area contributed by atoms with Gasteiger partial charge in [-0.05, 0) is 24.6 Å². The monoisotopic (exact) mass is 529 g/mol. The standard InChI is InChI=1S/C25H31N5O6S/c26-23(27)17-11-19(37-15-17)13-29-24(33)20-12-25(35-9-10-36-25)16-30(20)22(32)14-28-21(31)7-4-8-34-18-5-2-1-3-6-18/h1-3,5-6,11,15,20H,4,7-10,12-14,16H2,(H3,26,27)(H,28,31)(H,29,33). The largest absolute Gasteiger partial charge is 0.494 e. The third-order valence-corrected chi connectivity index (χ3v) is 7.06. The zero-order valence-corrected chi connectivity index (χ0v) is 21.2. The molecule has 11 nitrogen and oxygen atoms in total. The average molecular weight is 530 g/mol. The molecule has 1 atom stereocenters. The van der Waals surface area contributed by atoms with Crippen molar-refractivity contribution in [2.75, 3.05) is 32.9 Å². The van der Waals surface area contributed by atoms with E-state index in [1.165, 1.54) is 16.2 Å². The van der Waals surface area contributed by atoms with Crippen molar-refractivity contribution in [2.24, 2.45) is 5.73 Å². The van der Waals surface area contributed by atoms with Gasteiger partial charge in [0.1, 0.15) is 17.6 Å². The molecular weight excluding hydrogens is 498 g/mol. The molecular formula is C25H31N5O6S. The summed E-state index contributed by atoms with van der Waals surface area (Å²) in [6.45, 7) is 1.28. The molecule has 1 spiro atoms. The van der Waals surface area contributed by atoms with Crippen LogP contribution in [0.5, 0.6) is 5.75 Å². The van der Waals surface area contributed by atoms with E-state index in [4.69, 9.17) is 25.4 Å². The number of benzene rings is 1. The number of para-hydroxylation sites is 1. The molecule has 1 aromatic heterocycles. The number of hydrogen-bond acceptors (Lipinski definition) is 8. The number of nitrogens with one attached hydrogen (secondary N) is 3. The molecule has 12 heteroatoms. The molecule has 0 radical (unpaired) electrons. The van der Waals surface area contributed by atoms with Gasteiger partial charge in [0.05, 0.1) is 39.5 Å². The van der Waals surface area contributed by atoms with Crippen LogP contribution >= 0.6 is 11.3 Å². The number of hydrogen-bond donors (Lipinski definition) is 4. The van der Waals surface area contributed by atoms with E-state index >= 15 is 0 Å². The van der Waals surface area contributed by atoms with Gasteiger partial charge in [0, 0.05) is 28.7 Å². The van der Waals surface area contributed by atoms with E-state index < -0.39 is 11.8 Å². The number of likely N-dealkylation sites (tertiary alicyclic amines) is 1. The van der Waals surface area contributed by atoms with Gasteiger partial charge in [-0.25, -0.2) is 0 Å².